The van der Waals surface area contributed by atoms with Crippen molar-refractivity contribution in [2.45, 2.75) is 25.9 Å². The minimum absolute atomic E-state index is 0.0330. The molecule has 1 saturated heterocycles. The number of carbonyl (C=O) groups excluding carboxylic acids is 1. The highest BCUT2D eigenvalue weighted by Crippen LogP contribution is 2.21. The molecule has 0 saturated carbocycles. The number of nitrogens with one attached hydrogen (secondary N) is 1. The summed E-state index contributed by atoms with van der Waals surface area (Å²) < 4.78 is 0. The van der Waals surface area contributed by atoms with Gasteiger partial charge in [0.15, 0.2) is 0 Å². The fourth-order valence-corrected chi connectivity index (χ4v) is 3.84. The molecule has 2 unspecified atom stereocenters. The van der Waals surface area contributed by atoms with Crippen LogP contribution < -0.4 is 5.32 Å². The molecule has 2 aromatic heterocycles. The van der Waals surface area contributed by atoms with Gasteiger partial charge in [-0.1, -0.05) is 31.2 Å². The van der Waals surface area contributed by atoms with Crippen molar-refractivity contribution in [3.63, 3.8) is 0 Å². The van der Waals surface area contributed by atoms with Crippen molar-refractivity contribution in [2.75, 3.05) is 13.1 Å². The van der Waals surface area contributed by atoms with Gasteiger partial charge in [0, 0.05) is 43.5 Å². The zero-order chi connectivity index (χ0) is 18.6. The van der Waals surface area contributed by atoms with Gasteiger partial charge < -0.3 is 5.32 Å². The monoisotopic (exact) mass is 360 g/mol. The molecule has 5 nitrogen and oxygen atoms in total. The number of hydrogen-bond donors (Lipinski definition) is 1. The Morgan fingerprint density at radius 1 is 1.11 bits per heavy atom. The van der Waals surface area contributed by atoms with Gasteiger partial charge in [0.05, 0.1) is 16.8 Å². The van der Waals surface area contributed by atoms with E-state index >= 15 is 0 Å². The first-order valence-electron chi connectivity index (χ1n) is 9.47. The zero-order valence-corrected chi connectivity index (χ0v) is 15.5. The van der Waals surface area contributed by atoms with E-state index in [4.69, 9.17) is 0 Å². The summed E-state index contributed by atoms with van der Waals surface area (Å²) in [5, 5.41) is 4.23. The molecule has 1 fully saturated rings. The van der Waals surface area contributed by atoms with Crippen LogP contribution in [-0.4, -0.2) is 39.9 Å². The molecular weight excluding hydrogens is 336 g/mol. The van der Waals surface area contributed by atoms with Crippen LogP contribution >= 0.6 is 0 Å². The second-order valence-corrected chi connectivity index (χ2v) is 7.28. The summed E-state index contributed by atoms with van der Waals surface area (Å²) in [4.78, 5) is 24.1. The van der Waals surface area contributed by atoms with Gasteiger partial charge in [-0.15, -0.1) is 0 Å². The van der Waals surface area contributed by atoms with Gasteiger partial charge in [0.1, 0.15) is 0 Å². The molecule has 0 bridgehead atoms. The number of pyridine rings is 2. The average molecular weight is 360 g/mol. The van der Waals surface area contributed by atoms with Crippen LogP contribution in [0, 0.1) is 5.92 Å². The number of benzene rings is 1. The number of nitrogens with zero attached hydrogens (tertiary/aromatic N) is 3. The molecule has 0 aliphatic carbocycles. The Balaban J connectivity index is 1.41. The largest absolute Gasteiger partial charge is 0.349 e. The van der Waals surface area contributed by atoms with Gasteiger partial charge >= 0.3 is 0 Å². The summed E-state index contributed by atoms with van der Waals surface area (Å²) in [5.74, 6) is 0.351. The average Bonchev–Trinajstić information content (AvgIpc) is 2.70. The molecule has 0 radical (unpaired) electrons. The molecule has 4 rings (SSSR count). The minimum atomic E-state index is -0.0330. The number of para-hydroxylation sites is 1. The Bertz CT molecular complexity index is 923. The molecule has 1 aliphatic heterocycles. The van der Waals surface area contributed by atoms with Crippen LogP contribution in [0.4, 0.5) is 0 Å². The zero-order valence-electron chi connectivity index (χ0n) is 15.5. The SMILES string of the molecule is CC1CN(Cc2ccccn2)CCC1NC(=O)c1cccc2cccnc12. The van der Waals surface area contributed by atoms with Crippen molar-refractivity contribution < 1.29 is 4.79 Å². The smallest absolute Gasteiger partial charge is 0.253 e. The number of piperidine rings is 1. The highest BCUT2D eigenvalue weighted by molar-refractivity contribution is 6.05. The first kappa shape index (κ1) is 17.6. The van der Waals surface area contributed by atoms with Crippen molar-refractivity contribution in [1.29, 1.82) is 0 Å². The Hall–Kier alpha value is -2.79. The lowest BCUT2D eigenvalue weighted by Crippen LogP contribution is -2.49. The van der Waals surface area contributed by atoms with E-state index in [-0.39, 0.29) is 11.9 Å². The molecule has 27 heavy (non-hydrogen) atoms. The first-order chi connectivity index (χ1) is 13.2. The lowest BCUT2D eigenvalue weighted by Gasteiger charge is -2.37. The number of hydrogen-bond acceptors (Lipinski definition) is 4. The molecular formula is C22H24N4O. The lowest BCUT2D eigenvalue weighted by atomic mass is 9.93. The van der Waals surface area contributed by atoms with Gasteiger partial charge in [0.25, 0.3) is 5.91 Å². The van der Waals surface area contributed by atoms with E-state index in [1.807, 2.05) is 48.7 Å². The number of fused-ring (bicyclic) bond motifs is 1. The normalized spacial score (nSPS) is 20.5. The number of aromatic nitrogens is 2. The molecule has 2 atom stereocenters. The van der Waals surface area contributed by atoms with Crippen LogP contribution in [0.25, 0.3) is 10.9 Å². The maximum absolute atomic E-state index is 12.9. The standard InChI is InChI=1S/C22H24N4O/c1-16-14-26(15-18-8-2-3-11-23-18)13-10-20(16)25-22(27)19-9-4-6-17-7-5-12-24-21(17)19/h2-9,11-12,16,20H,10,13-15H2,1H3,(H,25,27). The van der Waals surface area contributed by atoms with E-state index in [2.05, 4.69) is 33.2 Å². The second-order valence-electron chi connectivity index (χ2n) is 7.28. The van der Waals surface area contributed by atoms with Crippen LogP contribution in [0.2, 0.25) is 0 Å². The third-order valence-electron chi connectivity index (χ3n) is 5.29. The van der Waals surface area contributed by atoms with E-state index in [0.717, 1.165) is 42.7 Å². The third kappa shape index (κ3) is 3.98. The maximum atomic E-state index is 12.9. The van der Waals surface area contributed by atoms with E-state index in [9.17, 15) is 4.79 Å². The van der Waals surface area contributed by atoms with Gasteiger partial charge in [0.2, 0.25) is 0 Å². The molecule has 1 aliphatic rings. The fourth-order valence-electron chi connectivity index (χ4n) is 3.84. The number of amides is 1. The van der Waals surface area contributed by atoms with E-state index in [1.165, 1.54) is 0 Å². The van der Waals surface area contributed by atoms with Gasteiger partial charge in [-0.3, -0.25) is 19.7 Å². The molecule has 1 amide bonds. The van der Waals surface area contributed by atoms with Crippen molar-refractivity contribution in [3.8, 4) is 0 Å². The van der Waals surface area contributed by atoms with Crippen molar-refractivity contribution >= 4 is 16.8 Å². The Morgan fingerprint density at radius 3 is 2.78 bits per heavy atom. The Labute approximate surface area is 159 Å². The maximum Gasteiger partial charge on any atom is 0.253 e. The van der Waals surface area contributed by atoms with E-state index in [1.54, 1.807) is 6.20 Å². The molecule has 1 N–H and O–H groups in total. The van der Waals surface area contributed by atoms with Gasteiger partial charge in [-0.2, -0.15) is 0 Å². The van der Waals surface area contributed by atoms with Crippen LogP contribution in [0.3, 0.4) is 0 Å². The molecule has 5 heteroatoms. The van der Waals surface area contributed by atoms with E-state index in [0.29, 0.717) is 11.5 Å². The van der Waals surface area contributed by atoms with Crippen LogP contribution in [-0.2, 0) is 6.54 Å². The van der Waals surface area contributed by atoms with Crippen molar-refractivity contribution in [2.24, 2.45) is 5.92 Å². The molecule has 138 valence electrons. The molecule has 3 aromatic rings. The highest BCUT2D eigenvalue weighted by atomic mass is 16.1. The van der Waals surface area contributed by atoms with Crippen molar-refractivity contribution in [1.82, 2.24) is 20.2 Å². The topological polar surface area (TPSA) is 58.1 Å². The second kappa shape index (κ2) is 7.84. The number of likely N-dealkylation sites (tertiary alicyclic amines) is 1. The molecule has 3 heterocycles. The van der Waals surface area contributed by atoms with Gasteiger partial charge in [-0.05, 0) is 36.6 Å². The summed E-state index contributed by atoms with van der Waals surface area (Å²) in [5.41, 5.74) is 2.50. The van der Waals surface area contributed by atoms with Crippen LogP contribution in [0.1, 0.15) is 29.4 Å². The van der Waals surface area contributed by atoms with Gasteiger partial charge in [-0.25, -0.2) is 0 Å². The fraction of sp³-hybridized carbons (Fsp3) is 0.318. The Kier molecular flexibility index (Phi) is 5.12. The highest BCUT2D eigenvalue weighted by Gasteiger charge is 2.28. The van der Waals surface area contributed by atoms with Crippen LogP contribution in [0.5, 0.6) is 0 Å². The summed E-state index contributed by atoms with van der Waals surface area (Å²) >= 11 is 0. The number of carbonyl (C=O) groups is 1. The predicted molar refractivity (Wildman–Crippen MR) is 106 cm³/mol. The quantitative estimate of drug-likeness (QED) is 0.776. The summed E-state index contributed by atoms with van der Waals surface area (Å²) in [7, 11) is 0. The first-order valence-corrected chi connectivity index (χ1v) is 9.47. The summed E-state index contributed by atoms with van der Waals surface area (Å²) in [6.07, 6.45) is 4.51. The lowest BCUT2D eigenvalue weighted by molar-refractivity contribution is 0.0860. The van der Waals surface area contributed by atoms with Crippen molar-refractivity contribution in [3.05, 3.63) is 72.2 Å². The molecule has 1 aromatic carbocycles. The van der Waals surface area contributed by atoms with E-state index < -0.39 is 0 Å². The summed E-state index contributed by atoms with van der Waals surface area (Å²) in [6, 6.07) is 15.8. The number of rotatable bonds is 4. The minimum Gasteiger partial charge on any atom is -0.349 e. The molecule has 0 spiro atoms. The third-order valence-corrected chi connectivity index (χ3v) is 5.29. The summed E-state index contributed by atoms with van der Waals surface area (Å²) in [6.45, 7) is 4.98. The van der Waals surface area contributed by atoms with Crippen LogP contribution in [0.15, 0.2) is 60.9 Å². The predicted octanol–water partition coefficient (Wildman–Crippen LogP) is 3.27. The Morgan fingerprint density at radius 2 is 1.96 bits per heavy atom.